The molecule has 0 unspecified atom stereocenters. The fourth-order valence-electron chi connectivity index (χ4n) is 2.28. The molecule has 1 N–H and O–H groups in total. The summed E-state index contributed by atoms with van der Waals surface area (Å²) in [6.07, 6.45) is 6.97. The van der Waals surface area contributed by atoms with Crippen LogP contribution in [0.3, 0.4) is 0 Å². The van der Waals surface area contributed by atoms with Crippen molar-refractivity contribution in [2.45, 2.75) is 32.2 Å². The molecule has 0 saturated heterocycles. The standard InChI is InChI=1S/C20H21NO2/c1-4-20(5-2,6-3)21-19(22)16-11-10-14-18(15-16)23-17-12-8-7-9-13-17/h1,7-15H,5-6H2,2-3H3,(H,21,22). The predicted molar refractivity (Wildman–Crippen MR) is 92.6 cm³/mol. The van der Waals surface area contributed by atoms with Crippen LogP contribution >= 0.6 is 0 Å². The Morgan fingerprint density at radius 2 is 1.74 bits per heavy atom. The Kier molecular flexibility index (Phi) is 5.43. The molecule has 0 atom stereocenters. The van der Waals surface area contributed by atoms with Gasteiger partial charge in [0.05, 0.1) is 0 Å². The van der Waals surface area contributed by atoms with E-state index in [1.165, 1.54) is 0 Å². The summed E-state index contributed by atoms with van der Waals surface area (Å²) in [6.45, 7) is 3.94. The number of rotatable bonds is 6. The number of carbonyl (C=O) groups excluding carboxylic acids is 1. The van der Waals surface area contributed by atoms with Gasteiger partial charge >= 0.3 is 0 Å². The van der Waals surface area contributed by atoms with Crippen LogP contribution in [0.5, 0.6) is 11.5 Å². The third-order valence-electron chi connectivity index (χ3n) is 3.91. The second-order valence-electron chi connectivity index (χ2n) is 5.33. The van der Waals surface area contributed by atoms with E-state index in [1.54, 1.807) is 18.2 Å². The van der Waals surface area contributed by atoms with Crippen molar-refractivity contribution < 1.29 is 9.53 Å². The summed E-state index contributed by atoms with van der Waals surface area (Å²) in [5.74, 6) is 3.86. The molecule has 2 rings (SSSR count). The first-order valence-electron chi connectivity index (χ1n) is 7.75. The van der Waals surface area contributed by atoms with E-state index in [0.29, 0.717) is 24.2 Å². The van der Waals surface area contributed by atoms with E-state index in [4.69, 9.17) is 11.2 Å². The second kappa shape index (κ2) is 7.51. The Balaban J connectivity index is 2.16. The molecule has 0 fully saturated rings. The van der Waals surface area contributed by atoms with Crippen LogP contribution in [0.4, 0.5) is 0 Å². The molecule has 0 radical (unpaired) electrons. The normalized spacial score (nSPS) is 10.7. The number of hydrogen-bond acceptors (Lipinski definition) is 2. The number of carbonyl (C=O) groups is 1. The monoisotopic (exact) mass is 307 g/mol. The average molecular weight is 307 g/mol. The van der Waals surface area contributed by atoms with Crippen LogP contribution in [0.1, 0.15) is 37.0 Å². The van der Waals surface area contributed by atoms with Gasteiger partial charge in [-0.3, -0.25) is 4.79 Å². The molecular weight excluding hydrogens is 286 g/mol. The maximum absolute atomic E-state index is 12.5. The third kappa shape index (κ3) is 4.14. The van der Waals surface area contributed by atoms with Crippen LogP contribution in [0.25, 0.3) is 0 Å². The summed E-state index contributed by atoms with van der Waals surface area (Å²) >= 11 is 0. The smallest absolute Gasteiger partial charge is 0.252 e. The van der Waals surface area contributed by atoms with Gasteiger partial charge in [0.15, 0.2) is 0 Å². The van der Waals surface area contributed by atoms with Gasteiger partial charge in [-0.25, -0.2) is 0 Å². The summed E-state index contributed by atoms with van der Waals surface area (Å²) in [5.41, 5.74) is -0.0761. The lowest BCUT2D eigenvalue weighted by molar-refractivity contribution is 0.0916. The minimum atomic E-state index is -0.604. The first-order chi connectivity index (χ1) is 11.1. The Morgan fingerprint density at radius 1 is 1.09 bits per heavy atom. The summed E-state index contributed by atoms with van der Waals surface area (Å²) in [5, 5.41) is 2.96. The van der Waals surface area contributed by atoms with Gasteiger partial charge in [-0.1, -0.05) is 44.0 Å². The van der Waals surface area contributed by atoms with E-state index in [1.807, 2.05) is 50.2 Å². The van der Waals surface area contributed by atoms with E-state index >= 15 is 0 Å². The Hall–Kier alpha value is -2.73. The van der Waals surface area contributed by atoms with Crippen molar-refractivity contribution in [3.05, 3.63) is 60.2 Å². The topological polar surface area (TPSA) is 38.3 Å². The zero-order valence-corrected chi connectivity index (χ0v) is 13.5. The number of para-hydroxylation sites is 1. The SMILES string of the molecule is C#CC(CC)(CC)NC(=O)c1cccc(Oc2ccccc2)c1. The summed E-state index contributed by atoms with van der Waals surface area (Å²) in [6, 6.07) is 16.5. The van der Waals surface area contributed by atoms with Gasteiger partial charge in [0.25, 0.3) is 5.91 Å². The van der Waals surface area contributed by atoms with E-state index in [-0.39, 0.29) is 5.91 Å². The quantitative estimate of drug-likeness (QED) is 0.803. The molecule has 0 heterocycles. The highest BCUT2D eigenvalue weighted by atomic mass is 16.5. The number of terminal acetylenes is 1. The lowest BCUT2D eigenvalue weighted by atomic mass is 9.93. The fraction of sp³-hybridized carbons (Fsp3) is 0.250. The van der Waals surface area contributed by atoms with Gasteiger partial charge in [0, 0.05) is 5.56 Å². The highest BCUT2D eigenvalue weighted by molar-refractivity contribution is 5.95. The van der Waals surface area contributed by atoms with Crippen molar-refractivity contribution in [3.8, 4) is 23.8 Å². The van der Waals surface area contributed by atoms with Crippen LogP contribution in [0.15, 0.2) is 54.6 Å². The molecule has 3 nitrogen and oxygen atoms in total. The summed E-state index contributed by atoms with van der Waals surface area (Å²) in [4.78, 5) is 12.5. The van der Waals surface area contributed by atoms with Crippen LogP contribution in [0, 0.1) is 12.3 Å². The van der Waals surface area contributed by atoms with Crippen molar-refractivity contribution in [3.63, 3.8) is 0 Å². The van der Waals surface area contributed by atoms with Crippen LogP contribution in [-0.2, 0) is 0 Å². The van der Waals surface area contributed by atoms with Gasteiger partial charge in [-0.05, 0) is 43.2 Å². The number of benzene rings is 2. The Labute approximate surface area is 137 Å². The van der Waals surface area contributed by atoms with Crippen LogP contribution < -0.4 is 10.1 Å². The molecule has 1 amide bonds. The van der Waals surface area contributed by atoms with Gasteiger partial charge in [0.2, 0.25) is 0 Å². The molecule has 2 aromatic carbocycles. The molecule has 0 aliphatic carbocycles. The molecule has 0 spiro atoms. The van der Waals surface area contributed by atoms with Crippen LogP contribution in [-0.4, -0.2) is 11.4 Å². The highest BCUT2D eigenvalue weighted by Gasteiger charge is 2.25. The van der Waals surface area contributed by atoms with Gasteiger partial charge < -0.3 is 10.1 Å². The van der Waals surface area contributed by atoms with Crippen molar-refractivity contribution in [1.82, 2.24) is 5.32 Å². The molecule has 0 aliphatic rings. The summed E-state index contributed by atoms with van der Waals surface area (Å²) in [7, 11) is 0. The largest absolute Gasteiger partial charge is 0.457 e. The molecule has 23 heavy (non-hydrogen) atoms. The Morgan fingerprint density at radius 3 is 2.35 bits per heavy atom. The first kappa shape index (κ1) is 16.6. The first-order valence-corrected chi connectivity index (χ1v) is 7.75. The average Bonchev–Trinajstić information content (AvgIpc) is 2.61. The van der Waals surface area contributed by atoms with Gasteiger partial charge in [0.1, 0.15) is 17.0 Å². The molecule has 0 saturated carbocycles. The zero-order valence-electron chi connectivity index (χ0n) is 13.5. The van der Waals surface area contributed by atoms with Gasteiger partial charge in [-0.2, -0.15) is 0 Å². The van der Waals surface area contributed by atoms with E-state index in [0.717, 1.165) is 5.75 Å². The van der Waals surface area contributed by atoms with Crippen molar-refractivity contribution in [2.75, 3.05) is 0 Å². The highest BCUT2D eigenvalue weighted by Crippen LogP contribution is 2.22. The molecular formula is C20H21NO2. The van der Waals surface area contributed by atoms with E-state index in [2.05, 4.69) is 11.2 Å². The van der Waals surface area contributed by atoms with E-state index in [9.17, 15) is 4.79 Å². The van der Waals surface area contributed by atoms with Crippen molar-refractivity contribution >= 4 is 5.91 Å². The molecule has 0 bridgehead atoms. The predicted octanol–water partition coefficient (Wildman–Crippen LogP) is 4.40. The lowest BCUT2D eigenvalue weighted by Gasteiger charge is -2.27. The maximum atomic E-state index is 12.5. The fourth-order valence-corrected chi connectivity index (χ4v) is 2.28. The van der Waals surface area contributed by atoms with Crippen LogP contribution in [0.2, 0.25) is 0 Å². The molecule has 118 valence electrons. The molecule has 0 aromatic heterocycles. The number of ether oxygens (including phenoxy) is 1. The number of nitrogens with one attached hydrogen (secondary N) is 1. The van der Waals surface area contributed by atoms with Crippen molar-refractivity contribution in [1.29, 1.82) is 0 Å². The maximum Gasteiger partial charge on any atom is 0.252 e. The van der Waals surface area contributed by atoms with Crippen molar-refractivity contribution in [2.24, 2.45) is 0 Å². The number of hydrogen-bond donors (Lipinski definition) is 1. The second-order valence-corrected chi connectivity index (χ2v) is 5.33. The minimum Gasteiger partial charge on any atom is -0.457 e. The Bertz CT molecular complexity index is 697. The summed E-state index contributed by atoms with van der Waals surface area (Å²) < 4.78 is 5.76. The molecule has 0 aliphatic heterocycles. The lowest BCUT2D eigenvalue weighted by Crippen LogP contribution is -2.46. The third-order valence-corrected chi connectivity index (χ3v) is 3.91. The van der Waals surface area contributed by atoms with Gasteiger partial charge in [-0.15, -0.1) is 6.42 Å². The zero-order chi connectivity index (χ0) is 16.7. The molecule has 2 aromatic rings. The number of amides is 1. The van der Waals surface area contributed by atoms with E-state index < -0.39 is 5.54 Å². The minimum absolute atomic E-state index is 0.190. The molecule has 3 heteroatoms.